The summed E-state index contributed by atoms with van der Waals surface area (Å²) in [6, 6.07) is 12.8. The van der Waals surface area contributed by atoms with Gasteiger partial charge >= 0.3 is 0 Å². The van der Waals surface area contributed by atoms with E-state index in [0.29, 0.717) is 48.5 Å². The van der Waals surface area contributed by atoms with Gasteiger partial charge < -0.3 is 9.80 Å². The molecule has 0 unspecified atom stereocenters. The molecule has 0 spiro atoms. The average Bonchev–Trinajstić information content (AvgIpc) is 2.62. The highest BCUT2D eigenvalue weighted by molar-refractivity contribution is 6.31. The van der Waals surface area contributed by atoms with Crippen molar-refractivity contribution in [2.75, 3.05) is 31.1 Å². The van der Waals surface area contributed by atoms with Crippen LogP contribution >= 0.6 is 23.2 Å². The van der Waals surface area contributed by atoms with Crippen LogP contribution in [0.25, 0.3) is 0 Å². The fourth-order valence-electron chi connectivity index (χ4n) is 2.80. The summed E-state index contributed by atoms with van der Waals surface area (Å²) >= 11 is 11.9. The molecule has 1 amide bonds. The van der Waals surface area contributed by atoms with Gasteiger partial charge in [0.2, 0.25) is 5.91 Å². The standard InChI is InChI=1S/C18H16Cl2N4O/c19-14-3-1-2-13(10-14)11-18(25)24-8-6-23(7-9-24)17-5-4-15(20)16(12-21)22-17/h1-5,10H,6-9,11H2. The van der Waals surface area contributed by atoms with E-state index in [1.165, 1.54) is 0 Å². The van der Waals surface area contributed by atoms with Crippen LogP contribution in [0.2, 0.25) is 10.0 Å². The number of amides is 1. The third-order valence-electron chi connectivity index (χ3n) is 4.14. The second-order valence-corrected chi connectivity index (χ2v) is 6.63. The average molecular weight is 375 g/mol. The van der Waals surface area contributed by atoms with Gasteiger partial charge in [0.15, 0.2) is 5.69 Å². The first-order chi connectivity index (χ1) is 12.1. The lowest BCUT2D eigenvalue weighted by atomic mass is 10.1. The number of pyridine rings is 1. The molecule has 0 N–H and O–H groups in total. The summed E-state index contributed by atoms with van der Waals surface area (Å²) in [6.07, 6.45) is 0.346. The maximum Gasteiger partial charge on any atom is 0.227 e. The smallest absolute Gasteiger partial charge is 0.227 e. The molecule has 2 aromatic rings. The molecule has 1 fully saturated rings. The first-order valence-electron chi connectivity index (χ1n) is 7.90. The van der Waals surface area contributed by atoms with Crippen molar-refractivity contribution in [1.29, 1.82) is 5.26 Å². The van der Waals surface area contributed by atoms with Crippen molar-refractivity contribution in [1.82, 2.24) is 9.88 Å². The van der Waals surface area contributed by atoms with Gasteiger partial charge in [-0.15, -0.1) is 0 Å². The van der Waals surface area contributed by atoms with Gasteiger partial charge in [0, 0.05) is 31.2 Å². The van der Waals surface area contributed by atoms with E-state index in [4.69, 9.17) is 28.5 Å². The third-order valence-corrected chi connectivity index (χ3v) is 4.68. The highest BCUT2D eigenvalue weighted by Gasteiger charge is 2.22. The summed E-state index contributed by atoms with van der Waals surface area (Å²) in [7, 11) is 0. The van der Waals surface area contributed by atoms with E-state index < -0.39 is 0 Å². The van der Waals surface area contributed by atoms with Crippen molar-refractivity contribution < 1.29 is 4.79 Å². The highest BCUT2D eigenvalue weighted by atomic mass is 35.5. The highest BCUT2D eigenvalue weighted by Crippen LogP contribution is 2.20. The lowest BCUT2D eigenvalue weighted by molar-refractivity contribution is -0.130. The quantitative estimate of drug-likeness (QED) is 0.827. The summed E-state index contributed by atoms with van der Waals surface area (Å²) in [5.74, 6) is 0.798. The van der Waals surface area contributed by atoms with Crippen molar-refractivity contribution in [3.05, 3.63) is 57.7 Å². The maximum atomic E-state index is 12.5. The number of piperazine rings is 1. The summed E-state index contributed by atoms with van der Waals surface area (Å²) in [6.45, 7) is 2.57. The molecule has 0 bridgehead atoms. The van der Waals surface area contributed by atoms with Crippen LogP contribution in [0.3, 0.4) is 0 Å². The molecule has 1 aromatic carbocycles. The Labute approximate surface area is 156 Å². The van der Waals surface area contributed by atoms with Gasteiger partial charge in [0.1, 0.15) is 11.9 Å². The molecule has 0 radical (unpaired) electrons. The molecule has 0 atom stereocenters. The van der Waals surface area contributed by atoms with Gasteiger partial charge in [0.25, 0.3) is 0 Å². The summed E-state index contributed by atoms with van der Waals surface area (Å²) in [4.78, 5) is 20.6. The van der Waals surface area contributed by atoms with Crippen molar-refractivity contribution in [2.45, 2.75) is 6.42 Å². The Morgan fingerprint density at radius 1 is 1.16 bits per heavy atom. The van der Waals surface area contributed by atoms with E-state index in [1.807, 2.05) is 29.2 Å². The predicted molar refractivity (Wildman–Crippen MR) is 97.9 cm³/mol. The van der Waals surface area contributed by atoms with Crippen molar-refractivity contribution in [3.63, 3.8) is 0 Å². The van der Waals surface area contributed by atoms with Crippen LogP contribution in [0.15, 0.2) is 36.4 Å². The minimum atomic E-state index is 0.0868. The molecule has 1 saturated heterocycles. The number of hydrogen-bond donors (Lipinski definition) is 0. The number of rotatable bonds is 3. The number of anilines is 1. The van der Waals surface area contributed by atoms with Gasteiger partial charge in [0.05, 0.1) is 11.4 Å². The molecule has 2 heterocycles. The van der Waals surface area contributed by atoms with Crippen LogP contribution in [0, 0.1) is 11.3 Å². The molecule has 1 aliphatic heterocycles. The number of halogens is 2. The zero-order valence-corrected chi connectivity index (χ0v) is 15.0. The largest absolute Gasteiger partial charge is 0.353 e. The number of nitriles is 1. The van der Waals surface area contributed by atoms with Gasteiger partial charge in [-0.2, -0.15) is 5.26 Å². The zero-order valence-electron chi connectivity index (χ0n) is 13.5. The maximum absolute atomic E-state index is 12.5. The van der Waals surface area contributed by atoms with Crippen LogP contribution in [-0.2, 0) is 11.2 Å². The number of carbonyl (C=O) groups excluding carboxylic acids is 1. The van der Waals surface area contributed by atoms with Gasteiger partial charge in [-0.1, -0.05) is 35.3 Å². The fraction of sp³-hybridized carbons (Fsp3) is 0.278. The van der Waals surface area contributed by atoms with E-state index in [-0.39, 0.29) is 11.6 Å². The third kappa shape index (κ3) is 4.22. The lowest BCUT2D eigenvalue weighted by Gasteiger charge is -2.35. The molecule has 7 heteroatoms. The van der Waals surface area contributed by atoms with E-state index in [2.05, 4.69) is 9.88 Å². The Balaban J connectivity index is 1.60. The monoisotopic (exact) mass is 374 g/mol. The predicted octanol–water partition coefficient (Wildman–Crippen LogP) is 3.15. The molecule has 1 aliphatic rings. The number of hydrogen-bond acceptors (Lipinski definition) is 4. The number of nitrogens with zero attached hydrogens (tertiary/aromatic N) is 4. The lowest BCUT2D eigenvalue weighted by Crippen LogP contribution is -2.49. The summed E-state index contributed by atoms with van der Waals surface area (Å²) in [5.41, 5.74) is 1.14. The van der Waals surface area contributed by atoms with Crippen LogP contribution in [0.5, 0.6) is 0 Å². The van der Waals surface area contributed by atoms with Crippen LogP contribution in [0.1, 0.15) is 11.3 Å². The van der Waals surface area contributed by atoms with Crippen molar-refractivity contribution >= 4 is 34.9 Å². The molecule has 1 aromatic heterocycles. The first kappa shape index (κ1) is 17.5. The van der Waals surface area contributed by atoms with Crippen LogP contribution in [-0.4, -0.2) is 42.0 Å². The zero-order chi connectivity index (χ0) is 17.8. The number of benzene rings is 1. The molecular formula is C18H16Cl2N4O. The number of carbonyl (C=O) groups is 1. The van der Waals surface area contributed by atoms with E-state index in [9.17, 15) is 4.79 Å². The Morgan fingerprint density at radius 2 is 1.92 bits per heavy atom. The second kappa shape index (κ2) is 7.73. The molecule has 25 heavy (non-hydrogen) atoms. The minimum Gasteiger partial charge on any atom is -0.353 e. The summed E-state index contributed by atoms with van der Waals surface area (Å²) in [5, 5.41) is 10.0. The first-order valence-corrected chi connectivity index (χ1v) is 8.66. The summed E-state index contributed by atoms with van der Waals surface area (Å²) < 4.78 is 0. The van der Waals surface area contributed by atoms with E-state index in [1.54, 1.807) is 18.2 Å². The molecule has 0 aliphatic carbocycles. The Hall–Kier alpha value is -2.29. The van der Waals surface area contributed by atoms with Crippen LogP contribution < -0.4 is 4.90 Å². The van der Waals surface area contributed by atoms with E-state index >= 15 is 0 Å². The SMILES string of the molecule is N#Cc1nc(N2CCN(C(=O)Cc3cccc(Cl)c3)CC2)ccc1Cl. The molecule has 128 valence electrons. The Bertz CT molecular complexity index is 826. The minimum absolute atomic E-state index is 0.0868. The van der Waals surface area contributed by atoms with Gasteiger partial charge in [-0.05, 0) is 29.8 Å². The second-order valence-electron chi connectivity index (χ2n) is 5.79. The van der Waals surface area contributed by atoms with Gasteiger partial charge in [-0.25, -0.2) is 4.98 Å². The Morgan fingerprint density at radius 3 is 2.60 bits per heavy atom. The van der Waals surface area contributed by atoms with Crippen molar-refractivity contribution in [3.8, 4) is 6.07 Å². The molecule has 3 rings (SSSR count). The molecule has 0 saturated carbocycles. The topological polar surface area (TPSA) is 60.2 Å². The van der Waals surface area contributed by atoms with E-state index in [0.717, 1.165) is 5.56 Å². The number of aromatic nitrogens is 1. The normalized spacial score (nSPS) is 14.3. The molecular weight excluding hydrogens is 359 g/mol. The molecule has 5 nitrogen and oxygen atoms in total. The van der Waals surface area contributed by atoms with Crippen LogP contribution in [0.4, 0.5) is 5.82 Å². The Kier molecular flexibility index (Phi) is 5.42. The fourth-order valence-corrected chi connectivity index (χ4v) is 3.17. The van der Waals surface area contributed by atoms with Crippen molar-refractivity contribution in [2.24, 2.45) is 0 Å². The van der Waals surface area contributed by atoms with Gasteiger partial charge in [-0.3, -0.25) is 4.79 Å².